The predicted molar refractivity (Wildman–Crippen MR) is 57.2 cm³/mol. The molecule has 6 heteroatoms. The largest absolute Gasteiger partial charge is 0.473 e. The molecule has 0 aromatic carbocycles. The molecule has 0 saturated carbocycles. The number of hydrogen-bond donors (Lipinski definition) is 4. The molecule has 6 nitrogen and oxygen atoms in total. The Hall–Kier alpha value is -1.14. The highest BCUT2D eigenvalue weighted by atomic mass is 16.4. The second-order valence-corrected chi connectivity index (χ2v) is 3.89. The van der Waals surface area contributed by atoms with Gasteiger partial charge in [0.25, 0.3) is 0 Å². The van der Waals surface area contributed by atoms with E-state index in [0.717, 1.165) is 25.8 Å². The molecule has 1 fully saturated rings. The fourth-order valence-corrected chi connectivity index (χ4v) is 1.69. The third-order valence-corrected chi connectivity index (χ3v) is 2.68. The topological polar surface area (TPSA) is 107 Å². The molecule has 1 aliphatic rings. The standard InChI is InChI=1S/C8H17NO.C2H2O4/c1-3-4-8(10)5-6-9-7(8)2;3-1(4)2(5)6/h7,9-10H,3-6H2,1-2H3;(H,3,4)(H,5,6)/t7-,8-;/m0./s1. The smallest absolute Gasteiger partial charge is 0.414 e. The molecule has 0 amide bonds. The predicted octanol–water partition coefficient (Wildman–Crippen LogP) is 0.0550. The first-order valence-electron chi connectivity index (χ1n) is 5.25. The molecule has 0 aromatic rings. The summed E-state index contributed by atoms with van der Waals surface area (Å²) in [6.07, 6.45) is 2.92. The highest BCUT2D eigenvalue weighted by Crippen LogP contribution is 2.25. The second kappa shape index (κ2) is 6.44. The molecular formula is C10H19NO5. The van der Waals surface area contributed by atoms with Gasteiger partial charge in [0, 0.05) is 6.04 Å². The first kappa shape index (κ1) is 14.9. The minimum atomic E-state index is -1.82. The van der Waals surface area contributed by atoms with Crippen molar-refractivity contribution in [2.75, 3.05) is 6.54 Å². The second-order valence-electron chi connectivity index (χ2n) is 3.89. The number of carboxylic acid groups (broad SMARTS) is 2. The Morgan fingerprint density at radius 2 is 1.88 bits per heavy atom. The van der Waals surface area contributed by atoms with Gasteiger partial charge in [0.2, 0.25) is 0 Å². The van der Waals surface area contributed by atoms with E-state index in [0.29, 0.717) is 0 Å². The summed E-state index contributed by atoms with van der Waals surface area (Å²) in [5, 5.41) is 27.9. The third kappa shape index (κ3) is 4.59. The van der Waals surface area contributed by atoms with Gasteiger partial charge in [-0.15, -0.1) is 0 Å². The molecule has 0 unspecified atom stereocenters. The van der Waals surface area contributed by atoms with E-state index >= 15 is 0 Å². The van der Waals surface area contributed by atoms with Crippen LogP contribution in [0.25, 0.3) is 0 Å². The van der Waals surface area contributed by atoms with Crippen molar-refractivity contribution in [1.29, 1.82) is 0 Å². The molecule has 0 aromatic heterocycles. The molecule has 0 spiro atoms. The average molecular weight is 233 g/mol. The summed E-state index contributed by atoms with van der Waals surface area (Å²) in [6, 6.07) is 0.285. The van der Waals surface area contributed by atoms with Crippen LogP contribution in [-0.4, -0.2) is 45.4 Å². The van der Waals surface area contributed by atoms with Crippen molar-refractivity contribution in [2.24, 2.45) is 0 Å². The van der Waals surface area contributed by atoms with Crippen LogP contribution in [0.15, 0.2) is 0 Å². The van der Waals surface area contributed by atoms with E-state index < -0.39 is 17.5 Å². The van der Waals surface area contributed by atoms with Gasteiger partial charge in [-0.25, -0.2) is 9.59 Å². The van der Waals surface area contributed by atoms with Gasteiger partial charge in [0.1, 0.15) is 0 Å². The third-order valence-electron chi connectivity index (χ3n) is 2.68. The number of aliphatic hydroxyl groups is 1. The van der Waals surface area contributed by atoms with Gasteiger partial charge in [-0.3, -0.25) is 0 Å². The van der Waals surface area contributed by atoms with E-state index in [4.69, 9.17) is 19.8 Å². The van der Waals surface area contributed by atoms with Crippen molar-refractivity contribution in [3.63, 3.8) is 0 Å². The Morgan fingerprint density at radius 3 is 2.12 bits per heavy atom. The zero-order chi connectivity index (χ0) is 12.8. The maximum absolute atomic E-state index is 9.90. The fraction of sp³-hybridized carbons (Fsp3) is 0.800. The van der Waals surface area contributed by atoms with E-state index in [2.05, 4.69) is 19.2 Å². The van der Waals surface area contributed by atoms with Crippen LogP contribution in [0.2, 0.25) is 0 Å². The van der Waals surface area contributed by atoms with Crippen molar-refractivity contribution in [3.8, 4) is 0 Å². The summed E-state index contributed by atoms with van der Waals surface area (Å²) in [4.78, 5) is 18.2. The molecule has 0 aliphatic carbocycles. The summed E-state index contributed by atoms with van der Waals surface area (Å²) in [7, 11) is 0. The highest BCUT2D eigenvalue weighted by molar-refractivity contribution is 6.27. The van der Waals surface area contributed by atoms with Crippen LogP contribution >= 0.6 is 0 Å². The minimum absolute atomic E-state index is 0.285. The molecule has 4 N–H and O–H groups in total. The zero-order valence-corrected chi connectivity index (χ0v) is 9.56. The average Bonchev–Trinajstić information content (AvgIpc) is 2.48. The van der Waals surface area contributed by atoms with Crippen LogP contribution in [0.5, 0.6) is 0 Å². The summed E-state index contributed by atoms with van der Waals surface area (Å²) in [5.41, 5.74) is -0.408. The molecule has 1 heterocycles. The molecule has 94 valence electrons. The van der Waals surface area contributed by atoms with Crippen LogP contribution in [0.1, 0.15) is 33.1 Å². The lowest BCUT2D eigenvalue weighted by Crippen LogP contribution is -2.40. The lowest BCUT2D eigenvalue weighted by Gasteiger charge is -2.26. The quantitative estimate of drug-likeness (QED) is 0.502. The van der Waals surface area contributed by atoms with Crippen LogP contribution in [0.3, 0.4) is 0 Å². The van der Waals surface area contributed by atoms with Gasteiger partial charge in [0.05, 0.1) is 5.60 Å². The number of carboxylic acids is 2. The molecule has 1 rings (SSSR count). The highest BCUT2D eigenvalue weighted by Gasteiger charge is 2.36. The maximum atomic E-state index is 9.90. The van der Waals surface area contributed by atoms with Crippen molar-refractivity contribution in [1.82, 2.24) is 5.32 Å². The van der Waals surface area contributed by atoms with E-state index in [-0.39, 0.29) is 6.04 Å². The summed E-state index contributed by atoms with van der Waals surface area (Å²) in [6.45, 7) is 5.14. The Bertz CT molecular complexity index is 244. The molecule has 0 bridgehead atoms. The Kier molecular flexibility index (Phi) is 5.98. The van der Waals surface area contributed by atoms with E-state index in [1.807, 2.05) is 0 Å². The number of carbonyl (C=O) groups is 2. The van der Waals surface area contributed by atoms with Gasteiger partial charge in [0.15, 0.2) is 0 Å². The summed E-state index contributed by atoms with van der Waals surface area (Å²) >= 11 is 0. The molecular weight excluding hydrogens is 214 g/mol. The van der Waals surface area contributed by atoms with Gasteiger partial charge >= 0.3 is 11.9 Å². The number of aliphatic carboxylic acids is 2. The number of hydrogen-bond acceptors (Lipinski definition) is 4. The van der Waals surface area contributed by atoms with Gasteiger partial charge in [-0.2, -0.15) is 0 Å². The summed E-state index contributed by atoms with van der Waals surface area (Å²) in [5.74, 6) is -3.65. The monoisotopic (exact) mass is 233 g/mol. The van der Waals surface area contributed by atoms with Gasteiger partial charge in [-0.05, 0) is 26.3 Å². The Balaban J connectivity index is 0.000000325. The number of rotatable bonds is 2. The van der Waals surface area contributed by atoms with Crippen LogP contribution in [0.4, 0.5) is 0 Å². The molecule has 1 aliphatic heterocycles. The number of nitrogens with one attached hydrogen (secondary N) is 1. The molecule has 1 saturated heterocycles. The lowest BCUT2D eigenvalue weighted by molar-refractivity contribution is -0.159. The van der Waals surface area contributed by atoms with Gasteiger partial charge < -0.3 is 20.6 Å². The van der Waals surface area contributed by atoms with Crippen molar-refractivity contribution in [3.05, 3.63) is 0 Å². The Morgan fingerprint density at radius 1 is 1.38 bits per heavy atom. The molecule has 2 atom stereocenters. The molecule has 0 radical (unpaired) electrons. The minimum Gasteiger partial charge on any atom is -0.473 e. The maximum Gasteiger partial charge on any atom is 0.414 e. The van der Waals surface area contributed by atoms with E-state index in [1.54, 1.807) is 0 Å². The fourth-order valence-electron chi connectivity index (χ4n) is 1.69. The normalized spacial score (nSPS) is 28.1. The SMILES string of the molecule is CCC[C@]1(O)CCN[C@H]1C.O=C(O)C(=O)O. The van der Waals surface area contributed by atoms with E-state index in [9.17, 15) is 5.11 Å². The Labute approximate surface area is 94.3 Å². The van der Waals surface area contributed by atoms with Crippen LogP contribution < -0.4 is 5.32 Å². The van der Waals surface area contributed by atoms with Crippen molar-refractivity contribution in [2.45, 2.75) is 44.8 Å². The van der Waals surface area contributed by atoms with Crippen LogP contribution in [-0.2, 0) is 9.59 Å². The van der Waals surface area contributed by atoms with Crippen molar-refractivity contribution < 1.29 is 24.9 Å². The van der Waals surface area contributed by atoms with Crippen molar-refractivity contribution >= 4 is 11.9 Å². The van der Waals surface area contributed by atoms with Gasteiger partial charge in [-0.1, -0.05) is 13.3 Å². The molecule has 16 heavy (non-hydrogen) atoms. The van der Waals surface area contributed by atoms with E-state index in [1.165, 1.54) is 0 Å². The lowest BCUT2D eigenvalue weighted by atomic mass is 9.91. The zero-order valence-electron chi connectivity index (χ0n) is 9.56. The first-order chi connectivity index (χ1) is 7.33. The summed E-state index contributed by atoms with van der Waals surface area (Å²) < 4.78 is 0. The van der Waals surface area contributed by atoms with Crippen LogP contribution in [0, 0.1) is 0 Å². The first-order valence-corrected chi connectivity index (χ1v) is 5.25.